The molecule has 0 aromatic carbocycles. The number of allylic oxidation sites excluding steroid dienone is 4. The van der Waals surface area contributed by atoms with Crippen LogP contribution in [-0.2, 0) is 0 Å². The van der Waals surface area contributed by atoms with Crippen LogP contribution in [0.15, 0.2) is 23.3 Å². The van der Waals surface area contributed by atoms with Crippen LogP contribution in [-0.4, -0.2) is 25.0 Å². The van der Waals surface area contributed by atoms with E-state index in [4.69, 9.17) is 0 Å². The van der Waals surface area contributed by atoms with Gasteiger partial charge in [0.15, 0.2) is 0 Å². The van der Waals surface area contributed by atoms with Crippen molar-refractivity contribution in [2.45, 2.75) is 47.5 Å². The molecule has 0 fully saturated rings. The molecule has 1 nitrogen and oxygen atoms in total. The smallest absolute Gasteiger partial charge is 0.000691 e. The van der Waals surface area contributed by atoms with Gasteiger partial charge in [0.2, 0.25) is 0 Å². The third-order valence-corrected chi connectivity index (χ3v) is 2.83. The predicted molar refractivity (Wildman–Crippen MR) is 74.8 cm³/mol. The van der Waals surface area contributed by atoms with Gasteiger partial charge in [-0.25, -0.2) is 0 Å². The number of nitrogens with zero attached hydrogens (tertiary/aromatic N) is 1. The van der Waals surface area contributed by atoms with Crippen molar-refractivity contribution in [1.29, 1.82) is 0 Å². The van der Waals surface area contributed by atoms with E-state index < -0.39 is 0 Å². The first-order chi connectivity index (χ1) is 7.45. The maximum Gasteiger partial charge on any atom is 0.000691 e. The normalized spacial score (nSPS) is 14.1. The topological polar surface area (TPSA) is 3.24 Å². The molecule has 0 aliphatic rings. The average Bonchev–Trinajstić information content (AvgIpc) is 2.16. The summed E-state index contributed by atoms with van der Waals surface area (Å²) < 4.78 is 0. The second-order valence-electron chi connectivity index (χ2n) is 5.23. The van der Waals surface area contributed by atoms with E-state index in [1.807, 2.05) is 0 Å². The van der Waals surface area contributed by atoms with E-state index >= 15 is 0 Å². The third-order valence-electron chi connectivity index (χ3n) is 2.83. The highest BCUT2D eigenvalue weighted by molar-refractivity contribution is 5.05. The molecule has 0 aromatic rings. The fraction of sp³-hybridized carbons (Fsp3) is 0.733. The van der Waals surface area contributed by atoms with Crippen LogP contribution >= 0.6 is 0 Å². The van der Waals surface area contributed by atoms with E-state index in [1.54, 1.807) is 0 Å². The number of rotatable bonds is 7. The van der Waals surface area contributed by atoms with Crippen LogP contribution in [0, 0.1) is 5.92 Å². The van der Waals surface area contributed by atoms with Crippen LogP contribution in [0.1, 0.15) is 47.5 Å². The summed E-state index contributed by atoms with van der Waals surface area (Å²) in [5.41, 5.74) is 2.93. The summed E-state index contributed by atoms with van der Waals surface area (Å²) in [5.74, 6) is 0.757. The molecule has 16 heavy (non-hydrogen) atoms. The molecule has 1 atom stereocenters. The monoisotopic (exact) mass is 223 g/mol. The van der Waals surface area contributed by atoms with E-state index in [2.05, 4.69) is 58.7 Å². The Balaban J connectivity index is 3.93. The molecule has 0 heterocycles. The Morgan fingerprint density at radius 1 is 1.19 bits per heavy atom. The lowest BCUT2D eigenvalue weighted by Crippen LogP contribution is -2.24. The quantitative estimate of drug-likeness (QED) is 0.583. The second kappa shape index (κ2) is 8.58. The van der Waals surface area contributed by atoms with Gasteiger partial charge in [-0.05, 0) is 53.1 Å². The lowest BCUT2D eigenvalue weighted by Gasteiger charge is -2.19. The third kappa shape index (κ3) is 8.72. The molecule has 0 aliphatic carbocycles. The van der Waals surface area contributed by atoms with Crippen molar-refractivity contribution in [2.75, 3.05) is 20.1 Å². The number of hydrogen-bond donors (Lipinski definition) is 0. The maximum atomic E-state index is 2.38. The maximum absolute atomic E-state index is 2.38. The first kappa shape index (κ1) is 15.4. The molecule has 94 valence electrons. The lowest BCUT2D eigenvalue weighted by atomic mass is 10.0. The molecule has 0 aliphatic heterocycles. The Bertz CT molecular complexity index is 234. The molecular weight excluding hydrogens is 194 g/mol. The molecule has 0 saturated carbocycles. The van der Waals surface area contributed by atoms with E-state index in [9.17, 15) is 0 Å². The summed E-state index contributed by atoms with van der Waals surface area (Å²) in [6, 6.07) is 0. The van der Waals surface area contributed by atoms with E-state index in [0.717, 1.165) is 18.9 Å². The van der Waals surface area contributed by atoms with Gasteiger partial charge < -0.3 is 4.90 Å². The molecule has 0 aromatic heterocycles. The summed E-state index contributed by atoms with van der Waals surface area (Å²) in [5, 5.41) is 0. The molecule has 0 bridgehead atoms. The average molecular weight is 223 g/mol. The van der Waals surface area contributed by atoms with E-state index in [1.165, 1.54) is 24.1 Å². The summed E-state index contributed by atoms with van der Waals surface area (Å²) in [7, 11) is 2.19. The van der Waals surface area contributed by atoms with Crippen LogP contribution in [0.5, 0.6) is 0 Å². The van der Waals surface area contributed by atoms with Gasteiger partial charge in [0, 0.05) is 6.54 Å². The van der Waals surface area contributed by atoms with Crippen molar-refractivity contribution >= 4 is 0 Å². The zero-order valence-corrected chi connectivity index (χ0v) is 12.0. The highest BCUT2D eigenvalue weighted by Crippen LogP contribution is 2.13. The van der Waals surface area contributed by atoms with Crippen molar-refractivity contribution in [2.24, 2.45) is 5.92 Å². The first-order valence-corrected chi connectivity index (χ1v) is 6.43. The van der Waals surface area contributed by atoms with Crippen molar-refractivity contribution in [3.05, 3.63) is 23.3 Å². The zero-order valence-electron chi connectivity index (χ0n) is 12.0. The molecule has 0 amide bonds. The van der Waals surface area contributed by atoms with E-state index in [-0.39, 0.29) is 0 Å². The zero-order chi connectivity index (χ0) is 12.6. The Morgan fingerprint density at radius 3 is 2.31 bits per heavy atom. The Morgan fingerprint density at radius 2 is 1.81 bits per heavy atom. The van der Waals surface area contributed by atoms with Gasteiger partial charge in [-0.15, -0.1) is 0 Å². The highest BCUT2D eigenvalue weighted by Gasteiger charge is 2.05. The molecule has 0 N–H and O–H groups in total. The SMILES string of the molecule is CCN(C)CC(C)CC(C)=CCC=C(C)C. The molecule has 1 unspecified atom stereocenters. The minimum atomic E-state index is 0.757. The molecular formula is C15H29N. The number of hydrogen-bond acceptors (Lipinski definition) is 1. The largest absolute Gasteiger partial charge is 0.306 e. The Kier molecular flexibility index (Phi) is 8.28. The van der Waals surface area contributed by atoms with Crippen molar-refractivity contribution in [1.82, 2.24) is 4.90 Å². The summed E-state index contributed by atoms with van der Waals surface area (Å²) in [4.78, 5) is 2.38. The fourth-order valence-electron chi connectivity index (χ4n) is 1.85. The van der Waals surface area contributed by atoms with Gasteiger partial charge >= 0.3 is 0 Å². The van der Waals surface area contributed by atoms with Crippen LogP contribution in [0.2, 0.25) is 0 Å². The predicted octanol–water partition coefficient (Wildman–Crippen LogP) is 4.27. The van der Waals surface area contributed by atoms with Gasteiger partial charge in [-0.1, -0.05) is 37.1 Å². The minimum Gasteiger partial charge on any atom is -0.306 e. The Labute approximate surface area is 102 Å². The van der Waals surface area contributed by atoms with E-state index in [0.29, 0.717) is 0 Å². The van der Waals surface area contributed by atoms with Crippen LogP contribution in [0.4, 0.5) is 0 Å². The highest BCUT2D eigenvalue weighted by atomic mass is 15.1. The Hall–Kier alpha value is -0.560. The molecule has 0 saturated heterocycles. The molecule has 1 heteroatoms. The van der Waals surface area contributed by atoms with Gasteiger partial charge in [0.25, 0.3) is 0 Å². The van der Waals surface area contributed by atoms with Gasteiger partial charge in [-0.3, -0.25) is 0 Å². The van der Waals surface area contributed by atoms with Crippen LogP contribution in [0.3, 0.4) is 0 Å². The lowest BCUT2D eigenvalue weighted by molar-refractivity contribution is 0.298. The second-order valence-corrected chi connectivity index (χ2v) is 5.23. The van der Waals surface area contributed by atoms with Gasteiger partial charge in [0.1, 0.15) is 0 Å². The van der Waals surface area contributed by atoms with Crippen molar-refractivity contribution < 1.29 is 0 Å². The molecule has 0 radical (unpaired) electrons. The minimum absolute atomic E-state index is 0.757. The summed E-state index contributed by atoms with van der Waals surface area (Å²) in [6.07, 6.45) is 6.95. The van der Waals surface area contributed by atoms with Crippen molar-refractivity contribution in [3.8, 4) is 0 Å². The standard InChI is InChI=1S/C15H29N/c1-7-16(6)12-15(5)11-14(4)10-8-9-13(2)3/h9-10,15H,7-8,11-12H2,1-6H3. The van der Waals surface area contributed by atoms with Crippen LogP contribution < -0.4 is 0 Å². The summed E-state index contributed by atoms with van der Waals surface area (Å²) in [6.45, 7) is 13.5. The van der Waals surface area contributed by atoms with Gasteiger partial charge in [-0.2, -0.15) is 0 Å². The molecule has 0 rings (SSSR count). The van der Waals surface area contributed by atoms with Crippen molar-refractivity contribution in [3.63, 3.8) is 0 Å². The van der Waals surface area contributed by atoms with Crippen LogP contribution in [0.25, 0.3) is 0 Å². The first-order valence-electron chi connectivity index (χ1n) is 6.43. The fourth-order valence-corrected chi connectivity index (χ4v) is 1.85. The summed E-state index contributed by atoms with van der Waals surface area (Å²) >= 11 is 0. The van der Waals surface area contributed by atoms with Gasteiger partial charge in [0.05, 0.1) is 0 Å². The molecule has 0 spiro atoms.